The van der Waals surface area contributed by atoms with Gasteiger partial charge in [0.05, 0.1) is 0 Å². The van der Waals surface area contributed by atoms with Gasteiger partial charge in [0.1, 0.15) is 12.6 Å². The minimum absolute atomic E-state index is 0.0229. The highest BCUT2D eigenvalue weighted by molar-refractivity contribution is 5.86. The fourth-order valence-electron chi connectivity index (χ4n) is 5.01. The topological polar surface area (TPSA) is 105 Å². The molecule has 7 heteroatoms. The van der Waals surface area contributed by atoms with E-state index in [2.05, 4.69) is 34.9 Å². The van der Waals surface area contributed by atoms with Gasteiger partial charge in [0.25, 0.3) is 0 Å². The number of hydrogen-bond donors (Lipinski definition) is 3. The molecule has 1 fully saturated rings. The first-order valence-corrected chi connectivity index (χ1v) is 12.7. The van der Waals surface area contributed by atoms with Crippen molar-refractivity contribution in [3.63, 3.8) is 0 Å². The zero-order valence-corrected chi connectivity index (χ0v) is 20.0. The summed E-state index contributed by atoms with van der Waals surface area (Å²) in [5.41, 5.74) is 4.65. The maximum absolute atomic E-state index is 12.8. The summed E-state index contributed by atoms with van der Waals surface area (Å²) in [4.78, 5) is 36.1. The number of unbranched alkanes of at least 4 members (excludes halogenated alkanes) is 3. The van der Waals surface area contributed by atoms with Crippen molar-refractivity contribution in [1.82, 2.24) is 10.6 Å². The summed E-state index contributed by atoms with van der Waals surface area (Å²) in [6.45, 7) is 0.733. The molecule has 7 nitrogen and oxygen atoms in total. The van der Waals surface area contributed by atoms with E-state index in [9.17, 15) is 14.4 Å². The predicted octanol–water partition coefficient (Wildman–Crippen LogP) is 4.85. The molecule has 2 aliphatic carbocycles. The molecule has 4 rings (SSSR count). The van der Waals surface area contributed by atoms with Gasteiger partial charge in [-0.25, -0.2) is 4.79 Å². The maximum Gasteiger partial charge on any atom is 0.407 e. The number of carboxylic acid groups (broad SMARTS) is 1. The number of ether oxygens (including phenoxy) is 1. The second kappa shape index (κ2) is 11.9. The van der Waals surface area contributed by atoms with Gasteiger partial charge in [-0.3, -0.25) is 9.59 Å². The number of fused-ring (bicyclic) bond motifs is 3. The molecule has 2 aliphatic rings. The second-order valence-corrected chi connectivity index (χ2v) is 9.49. The number of carbonyl (C=O) groups excluding carboxylic acids is 2. The Hall–Kier alpha value is -3.35. The first-order chi connectivity index (χ1) is 17.0. The standard InChI is InChI=1S/C28H34N2O5/c31-25(32)16-3-1-2-8-17-29-27(33)26(19-10-9-11-19)30-28(34)35-18-24-22-14-6-4-12-20(22)21-13-5-7-15-23(21)24/h4-7,12-15,19,24,26H,1-3,8-11,16-18H2,(H,29,33)(H,30,34)(H,31,32). The molecular weight excluding hydrogens is 444 g/mol. The minimum atomic E-state index is -0.777. The Balaban J connectivity index is 1.27. The summed E-state index contributed by atoms with van der Waals surface area (Å²) in [5, 5.41) is 14.4. The molecular formula is C28H34N2O5. The van der Waals surface area contributed by atoms with Gasteiger partial charge in [-0.15, -0.1) is 0 Å². The third-order valence-electron chi connectivity index (χ3n) is 7.14. The van der Waals surface area contributed by atoms with Gasteiger partial charge in [-0.2, -0.15) is 0 Å². The number of alkyl carbamates (subject to hydrolysis) is 1. The van der Waals surface area contributed by atoms with Crippen LogP contribution in [0.3, 0.4) is 0 Å². The van der Waals surface area contributed by atoms with E-state index in [-0.39, 0.29) is 30.8 Å². The fourth-order valence-corrected chi connectivity index (χ4v) is 5.01. The lowest BCUT2D eigenvalue weighted by Gasteiger charge is -2.33. The van der Waals surface area contributed by atoms with Crippen molar-refractivity contribution in [1.29, 1.82) is 0 Å². The fraction of sp³-hybridized carbons (Fsp3) is 0.464. The molecule has 186 valence electrons. The number of nitrogens with one attached hydrogen (secondary N) is 2. The Morgan fingerprint density at radius 3 is 2.14 bits per heavy atom. The SMILES string of the molecule is O=C(O)CCCCCCNC(=O)C(NC(=O)OCC1c2ccccc2-c2ccccc21)C1CCC1. The van der Waals surface area contributed by atoms with Crippen LogP contribution in [0.15, 0.2) is 48.5 Å². The maximum atomic E-state index is 12.8. The normalized spacial score (nSPS) is 15.4. The van der Waals surface area contributed by atoms with Crippen molar-refractivity contribution in [2.75, 3.05) is 13.2 Å². The van der Waals surface area contributed by atoms with Crippen molar-refractivity contribution in [2.45, 2.75) is 63.3 Å². The molecule has 0 saturated heterocycles. The third-order valence-corrected chi connectivity index (χ3v) is 7.14. The van der Waals surface area contributed by atoms with E-state index < -0.39 is 18.1 Å². The molecule has 0 spiro atoms. The van der Waals surface area contributed by atoms with Gasteiger partial charge in [0, 0.05) is 18.9 Å². The minimum Gasteiger partial charge on any atom is -0.481 e. The molecule has 0 bridgehead atoms. The molecule has 0 aliphatic heterocycles. The molecule has 0 heterocycles. The van der Waals surface area contributed by atoms with Crippen LogP contribution in [-0.4, -0.2) is 42.3 Å². The second-order valence-electron chi connectivity index (χ2n) is 9.49. The summed E-state index contributed by atoms with van der Waals surface area (Å²) in [6.07, 6.45) is 5.63. The monoisotopic (exact) mass is 478 g/mol. The molecule has 0 radical (unpaired) electrons. The third kappa shape index (κ3) is 6.21. The highest BCUT2D eigenvalue weighted by Gasteiger charge is 2.35. The van der Waals surface area contributed by atoms with E-state index in [1.807, 2.05) is 24.3 Å². The van der Waals surface area contributed by atoms with Crippen LogP contribution in [0.25, 0.3) is 11.1 Å². The first-order valence-electron chi connectivity index (χ1n) is 12.7. The quantitative estimate of drug-likeness (QED) is 0.379. The molecule has 3 N–H and O–H groups in total. The first kappa shape index (κ1) is 24.8. The van der Waals surface area contributed by atoms with E-state index in [1.165, 1.54) is 11.1 Å². The molecule has 35 heavy (non-hydrogen) atoms. The number of benzene rings is 2. The Kier molecular flexibility index (Phi) is 8.40. The molecule has 2 aromatic rings. The van der Waals surface area contributed by atoms with Gasteiger partial charge < -0.3 is 20.5 Å². The van der Waals surface area contributed by atoms with E-state index in [0.29, 0.717) is 13.0 Å². The summed E-state index contributed by atoms with van der Waals surface area (Å²) >= 11 is 0. The lowest BCUT2D eigenvalue weighted by molar-refractivity contribution is -0.137. The Morgan fingerprint density at radius 1 is 0.914 bits per heavy atom. The van der Waals surface area contributed by atoms with Crippen LogP contribution in [0.2, 0.25) is 0 Å². The molecule has 1 atom stereocenters. The summed E-state index contributed by atoms with van der Waals surface area (Å²) in [7, 11) is 0. The van der Waals surface area contributed by atoms with Gasteiger partial charge in [0.15, 0.2) is 0 Å². The van der Waals surface area contributed by atoms with Gasteiger partial charge in [-0.05, 0) is 53.9 Å². The van der Waals surface area contributed by atoms with Crippen LogP contribution in [0.5, 0.6) is 0 Å². The Morgan fingerprint density at radius 2 is 1.54 bits per heavy atom. The van der Waals surface area contributed by atoms with Crippen molar-refractivity contribution >= 4 is 18.0 Å². The van der Waals surface area contributed by atoms with Crippen LogP contribution >= 0.6 is 0 Å². The Labute approximate surface area is 206 Å². The summed E-state index contributed by atoms with van der Waals surface area (Å²) in [6, 6.07) is 15.8. The van der Waals surface area contributed by atoms with Crippen molar-refractivity contribution < 1.29 is 24.2 Å². The van der Waals surface area contributed by atoms with Crippen LogP contribution < -0.4 is 10.6 Å². The highest BCUT2D eigenvalue weighted by Crippen LogP contribution is 2.44. The van der Waals surface area contributed by atoms with Crippen molar-refractivity contribution in [3.05, 3.63) is 59.7 Å². The Bertz CT molecular complexity index is 1000. The number of amides is 2. The van der Waals surface area contributed by atoms with Gasteiger partial charge >= 0.3 is 12.1 Å². The molecule has 1 unspecified atom stereocenters. The lowest BCUT2D eigenvalue weighted by atomic mass is 9.79. The van der Waals surface area contributed by atoms with Crippen LogP contribution in [0.1, 0.15) is 68.4 Å². The number of carbonyl (C=O) groups is 3. The summed E-state index contributed by atoms with van der Waals surface area (Å²) < 4.78 is 5.65. The van der Waals surface area contributed by atoms with Crippen LogP contribution in [0, 0.1) is 5.92 Å². The van der Waals surface area contributed by atoms with E-state index >= 15 is 0 Å². The molecule has 2 aromatic carbocycles. The van der Waals surface area contributed by atoms with Crippen LogP contribution in [0.4, 0.5) is 4.79 Å². The highest BCUT2D eigenvalue weighted by atomic mass is 16.5. The van der Waals surface area contributed by atoms with Gasteiger partial charge in [-0.1, -0.05) is 67.8 Å². The summed E-state index contributed by atoms with van der Waals surface area (Å²) in [5.74, 6) is -0.842. The predicted molar refractivity (Wildman–Crippen MR) is 133 cm³/mol. The van der Waals surface area contributed by atoms with Crippen molar-refractivity contribution in [3.8, 4) is 11.1 Å². The average molecular weight is 479 g/mol. The molecule has 2 amide bonds. The zero-order chi connectivity index (χ0) is 24.6. The van der Waals surface area contributed by atoms with E-state index in [4.69, 9.17) is 9.84 Å². The van der Waals surface area contributed by atoms with Gasteiger partial charge in [0.2, 0.25) is 5.91 Å². The largest absolute Gasteiger partial charge is 0.481 e. The number of aliphatic carboxylic acids is 1. The lowest BCUT2D eigenvalue weighted by Crippen LogP contribution is -2.53. The smallest absolute Gasteiger partial charge is 0.407 e. The average Bonchev–Trinajstić information content (AvgIpc) is 3.14. The van der Waals surface area contributed by atoms with Crippen molar-refractivity contribution in [2.24, 2.45) is 5.92 Å². The van der Waals surface area contributed by atoms with E-state index in [1.54, 1.807) is 0 Å². The van der Waals surface area contributed by atoms with Crippen LogP contribution in [-0.2, 0) is 14.3 Å². The number of carboxylic acids is 1. The number of hydrogen-bond acceptors (Lipinski definition) is 4. The number of rotatable bonds is 12. The molecule has 1 saturated carbocycles. The van der Waals surface area contributed by atoms with E-state index in [0.717, 1.165) is 49.7 Å². The zero-order valence-electron chi connectivity index (χ0n) is 20.0. The molecule has 0 aromatic heterocycles.